The zero-order valence-corrected chi connectivity index (χ0v) is 16.5. The number of guanidine groups is 1. The standard InChI is InChI=1S/C19H31F2N5O/c1-4-22-19(23-8-10-25(2)11-12-27-3)24-16-7-9-26(14-16)18-6-5-15(20)13-17(18)21/h5-6,13,16H,4,7-12,14H2,1-3H3,(H2,22,23,24). The average molecular weight is 383 g/mol. The highest BCUT2D eigenvalue weighted by molar-refractivity contribution is 5.80. The van der Waals surface area contributed by atoms with Crippen LogP contribution in [0.15, 0.2) is 23.2 Å². The number of aliphatic imine (C=N–C) groups is 1. The summed E-state index contributed by atoms with van der Waals surface area (Å²) in [7, 11) is 3.74. The zero-order valence-electron chi connectivity index (χ0n) is 16.5. The molecule has 8 heteroatoms. The third-order valence-corrected chi connectivity index (χ3v) is 4.55. The molecule has 1 saturated heterocycles. The molecule has 1 aliphatic rings. The minimum atomic E-state index is -0.554. The predicted octanol–water partition coefficient (Wildman–Crippen LogP) is 1.68. The number of halogens is 2. The lowest BCUT2D eigenvalue weighted by Crippen LogP contribution is -2.45. The van der Waals surface area contributed by atoms with E-state index in [0.717, 1.165) is 44.6 Å². The number of hydrogen-bond acceptors (Lipinski definition) is 4. The summed E-state index contributed by atoms with van der Waals surface area (Å²) >= 11 is 0. The highest BCUT2D eigenvalue weighted by atomic mass is 19.1. The highest BCUT2D eigenvalue weighted by Crippen LogP contribution is 2.24. The van der Waals surface area contributed by atoms with E-state index in [9.17, 15) is 8.78 Å². The molecule has 1 atom stereocenters. The molecule has 0 aromatic heterocycles. The molecule has 0 spiro atoms. The van der Waals surface area contributed by atoms with Gasteiger partial charge in [0.1, 0.15) is 11.6 Å². The molecule has 1 aliphatic heterocycles. The van der Waals surface area contributed by atoms with Crippen LogP contribution in [0.5, 0.6) is 0 Å². The summed E-state index contributed by atoms with van der Waals surface area (Å²) in [5.41, 5.74) is 0.447. The summed E-state index contributed by atoms with van der Waals surface area (Å²) in [6, 6.07) is 3.90. The lowest BCUT2D eigenvalue weighted by atomic mass is 10.2. The zero-order chi connectivity index (χ0) is 19.6. The number of ether oxygens (including phenoxy) is 1. The van der Waals surface area contributed by atoms with Crippen LogP contribution < -0.4 is 15.5 Å². The van der Waals surface area contributed by atoms with Crippen LogP contribution in [0.4, 0.5) is 14.5 Å². The minimum Gasteiger partial charge on any atom is -0.383 e. The Kier molecular flexibility index (Phi) is 8.74. The van der Waals surface area contributed by atoms with E-state index < -0.39 is 11.6 Å². The minimum absolute atomic E-state index is 0.165. The number of nitrogens with one attached hydrogen (secondary N) is 2. The molecule has 27 heavy (non-hydrogen) atoms. The molecule has 2 rings (SSSR count). The molecule has 1 fully saturated rings. The Labute approximate surface area is 160 Å². The molecule has 6 nitrogen and oxygen atoms in total. The maximum absolute atomic E-state index is 14.0. The Bertz CT molecular complexity index is 614. The van der Waals surface area contributed by atoms with E-state index in [4.69, 9.17) is 4.74 Å². The van der Waals surface area contributed by atoms with Crippen LogP contribution in [0.25, 0.3) is 0 Å². The summed E-state index contributed by atoms with van der Waals surface area (Å²) in [5, 5.41) is 6.68. The third kappa shape index (κ3) is 6.95. The van der Waals surface area contributed by atoms with Gasteiger partial charge in [-0.2, -0.15) is 0 Å². The van der Waals surface area contributed by atoms with Gasteiger partial charge in [-0.3, -0.25) is 4.99 Å². The Morgan fingerprint density at radius 3 is 2.89 bits per heavy atom. The third-order valence-electron chi connectivity index (χ3n) is 4.55. The van der Waals surface area contributed by atoms with Crippen molar-refractivity contribution < 1.29 is 13.5 Å². The number of likely N-dealkylation sites (N-methyl/N-ethyl adjacent to an activating group) is 1. The van der Waals surface area contributed by atoms with Crippen LogP contribution in [0.1, 0.15) is 13.3 Å². The van der Waals surface area contributed by atoms with Crippen molar-refractivity contribution in [3.8, 4) is 0 Å². The molecule has 152 valence electrons. The molecular formula is C19H31F2N5O. The summed E-state index contributed by atoms with van der Waals surface area (Å²) in [6.45, 7) is 7.27. The second-order valence-electron chi connectivity index (χ2n) is 6.73. The summed E-state index contributed by atoms with van der Waals surface area (Å²) in [6.07, 6.45) is 0.870. The topological polar surface area (TPSA) is 52.1 Å². The van der Waals surface area contributed by atoms with Gasteiger partial charge in [-0.05, 0) is 32.5 Å². The van der Waals surface area contributed by atoms with Crippen molar-refractivity contribution in [1.82, 2.24) is 15.5 Å². The van der Waals surface area contributed by atoms with Crippen molar-refractivity contribution in [2.24, 2.45) is 4.99 Å². The van der Waals surface area contributed by atoms with Crippen LogP contribution in [0.3, 0.4) is 0 Å². The summed E-state index contributed by atoms with van der Waals surface area (Å²) in [4.78, 5) is 8.73. The number of hydrogen-bond donors (Lipinski definition) is 2. The Morgan fingerprint density at radius 2 is 2.19 bits per heavy atom. The second-order valence-corrected chi connectivity index (χ2v) is 6.73. The summed E-state index contributed by atoms with van der Waals surface area (Å²) < 4.78 is 32.2. The lowest BCUT2D eigenvalue weighted by molar-refractivity contribution is 0.163. The summed E-state index contributed by atoms with van der Waals surface area (Å²) in [5.74, 6) is -0.304. The largest absolute Gasteiger partial charge is 0.383 e. The fraction of sp³-hybridized carbons (Fsp3) is 0.632. The van der Waals surface area contributed by atoms with E-state index in [2.05, 4.69) is 20.5 Å². The Hall–Kier alpha value is -1.93. The maximum Gasteiger partial charge on any atom is 0.191 e. The van der Waals surface area contributed by atoms with Crippen LogP contribution in [0, 0.1) is 11.6 Å². The van der Waals surface area contributed by atoms with Gasteiger partial charge in [-0.25, -0.2) is 8.78 Å². The van der Waals surface area contributed by atoms with E-state index in [0.29, 0.717) is 25.4 Å². The van der Waals surface area contributed by atoms with E-state index in [-0.39, 0.29) is 6.04 Å². The average Bonchev–Trinajstić information content (AvgIpc) is 3.08. The first-order valence-electron chi connectivity index (χ1n) is 9.45. The van der Waals surface area contributed by atoms with Crippen molar-refractivity contribution in [3.63, 3.8) is 0 Å². The maximum atomic E-state index is 14.0. The first-order chi connectivity index (χ1) is 13.0. The van der Waals surface area contributed by atoms with Gasteiger partial charge in [0.25, 0.3) is 0 Å². The second kappa shape index (κ2) is 11.0. The smallest absolute Gasteiger partial charge is 0.191 e. The van der Waals surface area contributed by atoms with Crippen molar-refractivity contribution in [2.75, 3.05) is 64.9 Å². The van der Waals surface area contributed by atoms with Crippen LogP contribution >= 0.6 is 0 Å². The SMILES string of the molecule is CCNC(=NCCN(C)CCOC)NC1CCN(c2ccc(F)cc2F)C1. The van der Waals surface area contributed by atoms with Gasteiger partial charge in [0, 0.05) is 51.9 Å². The lowest BCUT2D eigenvalue weighted by Gasteiger charge is -2.21. The van der Waals surface area contributed by atoms with E-state index >= 15 is 0 Å². The molecule has 0 radical (unpaired) electrons. The number of anilines is 1. The van der Waals surface area contributed by atoms with Crippen molar-refractivity contribution in [1.29, 1.82) is 0 Å². The molecule has 1 aromatic carbocycles. The highest BCUT2D eigenvalue weighted by Gasteiger charge is 2.25. The molecule has 1 heterocycles. The van der Waals surface area contributed by atoms with Crippen molar-refractivity contribution in [3.05, 3.63) is 29.8 Å². The van der Waals surface area contributed by atoms with Gasteiger partial charge < -0.3 is 25.2 Å². The molecule has 0 amide bonds. The number of methoxy groups -OCH3 is 1. The number of nitrogens with zero attached hydrogens (tertiary/aromatic N) is 3. The van der Waals surface area contributed by atoms with Gasteiger partial charge in [0.15, 0.2) is 5.96 Å². The molecule has 0 bridgehead atoms. The van der Waals surface area contributed by atoms with Gasteiger partial charge in [-0.1, -0.05) is 0 Å². The molecule has 1 unspecified atom stereocenters. The monoisotopic (exact) mass is 383 g/mol. The fourth-order valence-corrected chi connectivity index (χ4v) is 3.04. The first-order valence-corrected chi connectivity index (χ1v) is 9.45. The molecule has 0 saturated carbocycles. The Balaban J connectivity index is 1.86. The fourth-order valence-electron chi connectivity index (χ4n) is 3.04. The van der Waals surface area contributed by atoms with Gasteiger partial charge in [0.2, 0.25) is 0 Å². The Morgan fingerprint density at radius 1 is 1.37 bits per heavy atom. The van der Waals surface area contributed by atoms with Crippen LogP contribution in [-0.2, 0) is 4.74 Å². The number of benzene rings is 1. The quantitative estimate of drug-likeness (QED) is 0.502. The molecule has 0 aliphatic carbocycles. The van der Waals surface area contributed by atoms with Gasteiger partial charge in [0.05, 0.1) is 18.8 Å². The molecule has 2 N–H and O–H groups in total. The van der Waals surface area contributed by atoms with Crippen LogP contribution in [-0.4, -0.2) is 76.9 Å². The van der Waals surface area contributed by atoms with Crippen molar-refractivity contribution in [2.45, 2.75) is 19.4 Å². The van der Waals surface area contributed by atoms with E-state index in [1.807, 2.05) is 18.9 Å². The first kappa shape index (κ1) is 21.4. The van der Waals surface area contributed by atoms with Crippen LogP contribution in [0.2, 0.25) is 0 Å². The van der Waals surface area contributed by atoms with E-state index in [1.165, 1.54) is 12.1 Å². The van der Waals surface area contributed by atoms with Gasteiger partial charge in [-0.15, -0.1) is 0 Å². The predicted molar refractivity (Wildman–Crippen MR) is 105 cm³/mol. The number of rotatable bonds is 9. The normalized spacial score (nSPS) is 17.6. The van der Waals surface area contributed by atoms with Crippen molar-refractivity contribution >= 4 is 11.6 Å². The molecule has 1 aromatic rings. The molecular weight excluding hydrogens is 352 g/mol. The van der Waals surface area contributed by atoms with E-state index in [1.54, 1.807) is 7.11 Å². The van der Waals surface area contributed by atoms with Gasteiger partial charge >= 0.3 is 0 Å².